The van der Waals surface area contributed by atoms with Crippen LogP contribution in [-0.4, -0.2) is 31.8 Å². The molecular weight excluding hydrogens is 244 g/mol. The summed E-state index contributed by atoms with van der Waals surface area (Å²) in [4.78, 5) is 11.7. The van der Waals surface area contributed by atoms with Crippen molar-refractivity contribution in [3.63, 3.8) is 0 Å². The van der Waals surface area contributed by atoms with Crippen molar-refractivity contribution in [2.45, 2.75) is 25.9 Å². The Bertz CT molecular complexity index is 442. The molecule has 1 saturated heterocycles. The van der Waals surface area contributed by atoms with Gasteiger partial charge in [0.15, 0.2) is 0 Å². The number of benzene rings is 1. The van der Waals surface area contributed by atoms with Crippen LogP contribution in [0, 0.1) is 6.92 Å². The van der Waals surface area contributed by atoms with Crippen molar-refractivity contribution in [1.82, 2.24) is 0 Å². The molecule has 0 aliphatic carbocycles. The van der Waals surface area contributed by atoms with Gasteiger partial charge in [-0.1, -0.05) is 6.07 Å². The molecule has 1 aromatic carbocycles. The molecule has 5 heteroatoms. The van der Waals surface area contributed by atoms with E-state index in [0.717, 1.165) is 30.7 Å². The Balaban J connectivity index is 1.76. The zero-order valence-electron chi connectivity index (χ0n) is 11.1. The van der Waals surface area contributed by atoms with Gasteiger partial charge in [-0.3, -0.25) is 4.79 Å². The van der Waals surface area contributed by atoms with Gasteiger partial charge in [0.1, 0.15) is 6.61 Å². The number of nitrogens with two attached hydrogens (primary N) is 1. The average Bonchev–Trinajstić information content (AvgIpc) is 2.88. The van der Waals surface area contributed by atoms with Gasteiger partial charge in [0, 0.05) is 18.0 Å². The molecule has 0 bridgehead atoms. The number of ether oxygens (including phenoxy) is 2. The number of anilines is 2. The lowest BCUT2D eigenvalue weighted by Crippen LogP contribution is -2.22. The molecule has 1 aromatic rings. The zero-order chi connectivity index (χ0) is 13.7. The highest BCUT2D eigenvalue weighted by molar-refractivity contribution is 5.93. The molecule has 1 fully saturated rings. The first-order valence-corrected chi connectivity index (χ1v) is 6.51. The quantitative estimate of drug-likeness (QED) is 0.794. The van der Waals surface area contributed by atoms with Gasteiger partial charge in [-0.25, -0.2) is 0 Å². The molecule has 5 nitrogen and oxygen atoms in total. The Labute approximate surface area is 113 Å². The fourth-order valence-electron chi connectivity index (χ4n) is 2.03. The molecule has 3 N–H and O–H groups in total. The maximum Gasteiger partial charge on any atom is 0.250 e. The number of carbonyl (C=O) groups is 1. The van der Waals surface area contributed by atoms with E-state index in [1.165, 1.54) is 0 Å². The van der Waals surface area contributed by atoms with Crippen molar-refractivity contribution < 1.29 is 14.3 Å². The largest absolute Gasteiger partial charge is 0.398 e. The van der Waals surface area contributed by atoms with Crippen molar-refractivity contribution in [2.75, 3.05) is 30.9 Å². The van der Waals surface area contributed by atoms with Gasteiger partial charge in [0.25, 0.3) is 0 Å². The van der Waals surface area contributed by atoms with Crippen molar-refractivity contribution in [3.8, 4) is 0 Å². The zero-order valence-corrected chi connectivity index (χ0v) is 11.1. The van der Waals surface area contributed by atoms with Crippen LogP contribution in [0.15, 0.2) is 18.2 Å². The minimum absolute atomic E-state index is 0.0358. The van der Waals surface area contributed by atoms with Crippen LogP contribution in [0.2, 0.25) is 0 Å². The van der Waals surface area contributed by atoms with Crippen molar-refractivity contribution in [3.05, 3.63) is 23.8 Å². The number of nitrogen functional groups attached to an aromatic ring is 1. The van der Waals surface area contributed by atoms with Crippen LogP contribution in [-0.2, 0) is 14.3 Å². The fraction of sp³-hybridized carbons (Fsp3) is 0.500. The number of amides is 1. The van der Waals surface area contributed by atoms with Crippen LogP contribution in [0.5, 0.6) is 0 Å². The molecular formula is C14H20N2O3. The molecule has 0 radical (unpaired) electrons. The summed E-state index contributed by atoms with van der Waals surface area (Å²) in [5.41, 5.74) is 8.04. The van der Waals surface area contributed by atoms with Crippen molar-refractivity contribution in [1.29, 1.82) is 0 Å². The molecule has 1 atom stereocenters. The molecule has 0 spiro atoms. The minimum Gasteiger partial charge on any atom is -0.398 e. The van der Waals surface area contributed by atoms with E-state index in [4.69, 9.17) is 15.2 Å². The van der Waals surface area contributed by atoms with Gasteiger partial charge in [0.2, 0.25) is 5.91 Å². The third-order valence-electron chi connectivity index (χ3n) is 3.21. The summed E-state index contributed by atoms with van der Waals surface area (Å²) in [6.45, 7) is 3.18. The molecule has 0 saturated carbocycles. The smallest absolute Gasteiger partial charge is 0.250 e. The van der Waals surface area contributed by atoms with E-state index in [0.29, 0.717) is 12.3 Å². The molecule has 2 rings (SSSR count). The van der Waals surface area contributed by atoms with Gasteiger partial charge in [-0.2, -0.15) is 0 Å². The topological polar surface area (TPSA) is 73.6 Å². The second-order valence-electron chi connectivity index (χ2n) is 4.72. The highest BCUT2D eigenvalue weighted by atomic mass is 16.5. The molecule has 1 amide bonds. The lowest BCUT2D eigenvalue weighted by Gasteiger charge is -2.12. The van der Waals surface area contributed by atoms with Gasteiger partial charge in [-0.05, 0) is 37.5 Å². The van der Waals surface area contributed by atoms with E-state index in [1.54, 1.807) is 6.07 Å². The predicted octanol–water partition coefficient (Wildman–Crippen LogP) is 1.71. The van der Waals surface area contributed by atoms with Crippen LogP contribution < -0.4 is 11.1 Å². The second kappa shape index (κ2) is 6.54. The highest BCUT2D eigenvalue weighted by Gasteiger charge is 2.16. The van der Waals surface area contributed by atoms with E-state index in [9.17, 15) is 4.79 Å². The van der Waals surface area contributed by atoms with Crippen LogP contribution in [0.1, 0.15) is 18.4 Å². The van der Waals surface area contributed by atoms with Crippen molar-refractivity contribution >= 4 is 17.3 Å². The summed E-state index contributed by atoms with van der Waals surface area (Å²) >= 11 is 0. The van der Waals surface area contributed by atoms with E-state index >= 15 is 0 Å². The van der Waals surface area contributed by atoms with Crippen LogP contribution in [0.4, 0.5) is 11.4 Å². The third-order valence-corrected chi connectivity index (χ3v) is 3.21. The summed E-state index contributed by atoms with van der Waals surface area (Å²) < 4.78 is 10.8. The summed E-state index contributed by atoms with van der Waals surface area (Å²) in [6, 6.07) is 5.44. The molecule has 0 aromatic heterocycles. The first-order valence-electron chi connectivity index (χ1n) is 6.51. The maximum absolute atomic E-state index is 11.7. The molecule has 1 unspecified atom stereocenters. The first kappa shape index (κ1) is 13.8. The summed E-state index contributed by atoms with van der Waals surface area (Å²) in [5.74, 6) is -0.174. The van der Waals surface area contributed by atoms with Crippen molar-refractivity contribution in [2.24, 2.45) is 0 Å². The molecule has 19 heavy (non-hydrogen) atoms. The lowest BCUT2D eigenvalue weighted by molar-refractivity contribution is -0.121. The standard InChI is InChI=1S/C14H20N2O3/c1-10-12(15)5-2-6-13(10)16-14(17)9-18-8-11-4-3-7-19-11/h2,5-6,11H,3-4,7-9,15H2,1H3,(H,16,17). The highest BCUT2D eigenvalue weighted by Crippen LogP contribution is 2.20. The number of hydrogen-bond donors (Lipinski definition) is 2. The number of carbonyl (C=O) groups excluding carboxylic acids is 1. The maximum atomic E-state index is 11.7. The predicted molar refractivity (Wildman–Crippen MR) is 74.0 cm³/mol. The molecule has 1 aliphatic rings. The Morgan fingerprint density at radius 1 is 1.58 bits per heavy atom. The van der Waals surface area contributed by atoms with E-state index in [-0.39, 0.29) is 18.6 Å². The summed E-state index contributed by atoms with van der Waals surface area (Å²) in [6.07, 6.45) is 2.22. The Hall–Kier alpha value is -1.59. The number of rotatable bonds is 5. The first-order chi connectivity index (χ1) is 9.16. The monoisotopic (exact) mass is 264 g/mol. The van der Waals surface area contributed by atoms with Crippen LogP contribution in [0.3, 0.4) is 0 Å². The Morgan fingerprint density at radius 2 is 2.42 bits per heavy atom. The van der Waals surface area contributed by atoms with Crippen LogP contribution in [0.25, 0.3) is 0 Å². The van der Waals surface area contributed by atoms with Gasteiger partial charge < -0.3 is 20.5 Å². The molecule has 1 aliphatic heterocycles. The molecule has 104 valence electrons. The summed E-state index contributed by atoms with van der Waals surface area (Å²) in [7, 11) is 0. The van der Waals surface area contributed by atoms with Gasteiger partial charge in [0.05, 0.1) is 12.7 Å². The Kier molecular flexibility index (Phi) is 4.76. The number of nitrogens with one attached hydrogen (secondary N) is 1. The lowest BCUT2D eigenvalue weighted by atomic mass is 10.1. The average molecular weight is 264 g/mol. The molecule has 1 heterocycles. The number of hydrogen-bond acceptors (Lipinski definition) is 4. The summed E-state index contributed by atoms with van der Waals surface area (Å²) in [5, 5.41) is 2.79. The Morgan fingerprint density at radius 3 is 3.16 bits per heavy atom. The van der Waals surface area contributed by atoms with E-state index in [1.807, 2.05) is 19.1 Å². The normalized spacial score (nSPS) is 18.5. The van der Waals surface area contributed by atoms with E-state index in [2.05, 4.69) is 5.32 Å². The van der Waals surface area contributed by atoms with E-state index < -0.39 is 0 Å². The SMILES string of the molecule is Cc1c(N)cccc1NC(=O)COCC1CCCO1. The third kappa shape index (κ3) is 3.94. The second-order valence-corrected chi connectivity index (χ2v) is 4.72. The van der Waals surface area contributed by atoms with Gasteiger partial charge >= 0.3 is 0 Å². The minimum atomic E-state index is -0.174. The van der Waals surface area contributed by atoms with Gasteiger partial charge in [-0.15, -0.1) is 0 Å². The van der Waals surface area contributed by atoms with Crippen LogP contribution >= 0.6 is 0 Å². The fourth-order valence-corrected chi connectivity index (χ4v) is 2.03.